The molecule has 0 bridgehead atoms. The molecule has 1 aromatic heterocycles. The van der Waals surface area contributed by atoms with Gasteiger partial charge in [0, 0.05) is 13.0 Å². The van der Waals surface area contributed by atoms with Crippen molar-refractivity contribution in [2.24, 2.45) is 0 Å². The number of aliphatic hydroxyl groups excluding tert-OH is 1. The number of benzene rings is 1. The van der Waals surface area contributed by atoms with Crippen LogP contribution in [0.2, 0.25) is 0 Å². The Balaban J connectivity index is 1.73. The maximum absolute atomic E-state index is 12.7. The molecule has 1 fully saturated rings. The number of aliphatic hydroxyl groups is 1. The van der Waals surface area contributed by atoms with E-state index in [1.807, 2.05) is 38.1 Å². The third kappa shape index (κ3) is 3.41. The molecule has 2 aromatic rings. The Morgan fingerprint density at radius 1 is 1.46 bits per heavy atom. The number of nitrogens with zero attached hydrogens (tertiary/aromatic N) is 3. The molecule has 7 heteroatoms. The highest BCUT2D eigenvalue weighted by Crippen LogP contribution is 2.31. The average molecular weight is 330 g/mol. The van der Waals surface area contributed by atoms with Crippen LogP contribution in [0.4, 0.5) is 4.79 Å². The van der Waals surface area contributed by atoms with Gasteiger partial charge < -0.3 is 19.8 Å². The second-order valence-corrected chi connectivity index (χ2v) is 6.32. The molecule has 2 N–H and O–H groups in total. The summed E-state index contributed by atoms with van der Waals surface area (Å²) in [6.45, 7) is 5.93. The molecule has 1 aromatic carbocycles. The van der Waals surface area contributed by atoms with E-state index in [4.69, 9.17) is 4.52 Å². The van der Waals surface area contributed by atoms with Gasteiger partial charge in [0.25, 0.3) is 0 Å². The lowest BCUT2D eigenvalue weighted by Gasteiger charge is -2.24. The molecule has 7 nitrogen and oxygen atoms in total. The zero-order valence-corrected chi connectivity index (χ0v) is 14.1. The predicted octanol–water partition coefficient (Wildman–Crippen LogP) is 2.26. The van der Waals surface area contributed by atoms with Crippen LogP contribution in [0, 0.1) is 13.8 Å². The molecule has 1 saturated heterocycles. The number of urea groups is 1. The van der Waals surface area contributed by atoms with E-state index in [1.165, 1.54) is 0 Å². The van der Waals surface area contributed by atoms with Crippen molar-refractivity contribution in [3.05, 3.63) is 47.1 Å². The van der Waals surface area contributed by atoms with Gasteiger partial charge in [-0.15, -0.1) is 0 Å². The molecule has 0 saturated carbocycles. The molecule has 0 spiro atoms. The highest BCUT2D eigenvalue weighted by Gasteiger charge is 2.39. The zero-order chi connectivity index (χ0) is 17.3. The van der Waals surface area contributed by atoms with Gasteiger partial charge in [0.2, 0.25) is 5.89 Å². The van der Waals surface area contributed by atoms with Crippen LogP contribution < -0.4 is 5.32 Å². The fourth-order valence-corrected chi connectivity index (χ4v) is 3.01. The van der Waals surface area contributed by atoms with Crippen molar-refractivity contribution in [1.29, 1.82) is 0 Å². The topological polar surface area (TPSA) is 91.5 Å². The number of hydrogen-bond donors (Lipinski definition) is 2. The van der Waals surface area contributed by atoms with Crippen molar-refractivity contribution >= 4 is 6.03 Å². The molecular weight excluding hydrogens is 308 g/mol. The molecule has 0 aliphatic carbocycles. The van der Waals surface area contributed by atoms with Gasteiger partial charge in [0.1, 0.15) is 6.04 Å². The quantitative estimate of drug-likeness (QED) is 0.901. The third-order valence-corrected chi connectivity index (χ3v) is 4.25. The largest absolute Gasteiger partial charge is 0.391 e. The second kappa shape index (κ2) is 6.60. The summed E-state index contributed by atoms with van der Waals surface area (Å²) in [6, 6.07) is 7.23. The summed E-state index contributed by atoms with van der Waals surface area (Å²) in [6.07, 6.45) is -0.198. The van der Waals surface area contributed by atoms with Gasteiger partial charge >= 0.3 is 6.03 Å². The van der Waals surface area contributed by atoms with E-state index in [2.05, 4.69) is 15.5 Å². The molecule has 24 heavy (non-hydrogen) atoms. The SMILES string of the molecule is Cc1cccc(C(C)NC(=O)N2C[C@@H](O)C[C@@H]2c2nc(C)no2)c1. The first-order chi connectivity index (χ1) is 11.4. The monoisotopic (exact) mass is 330 g/mol. The number of amides is 2. The number of β-amino-alcohol motifs (C(OH)–C–C–N with tert-alkyl or cyclic N) is 1. The molecule has 1 aliphatic rings. The molecule has 1 unspecified atom stereocenters. The first-order valence-electron chi connectivity index (χ1n) is 8.06. The zero-order valence-electron chi connectivity index (χ0n) is 14.1. The van der Waals surface area contributed by atoms with E-state index in [-0.39, 0.29) is 18.6 Å². The van der Waals surface area contributed by atoms with Gasteiger partial charge in [-0.05, 0) is 26.3 Å². The van der Waals surface area contributed by atoms with Crippen LogP contribution in [-0.2, 0) is 0 Å². The fourth-order valence-electron chi connectivity index (χ4n) is 3.01. The van der Waals surface area contributed by atoms with Gasteiger partial charge in [-0.2, -0.15) is 4.98 Å². The lowest BCUT2D eigenvalue weighted by molar-refractivity contribution is 0.165. The van der Waals surface area contributed by atoms with Crippen molar-refractivity contribution in [1.82, 2.24) is 20.4 Å². The summed E-state index contributed by atoms with van der Waals surface area (Å²) in [7, 11) is 0. The van der Waals surface area contributed by atoms with Crippen molar-refractivity contribution in [3.63, 3.8) is 0 Å². The Hall–Kier alpha value is -2.41. The second-order valence-electron chi connectivity index (χ2n) is 6.32. The van der Waals surface area contributed by atoms with Crippen LogP contribution >= 0.6 is 0 Å². The van der Waals surface area contributed by atoms with Gasteiger partial charge in [-0.25, -0.2) is 4.79 Å². The number of aromatic nitrogens is 2. The highest BCUT2D eigenvalue weighted by molar-refractivity contribution is 5.75. The van der Waals surface area contributed by atoms with Crippen LogP contribution in [0.3, 0.4) is 0 Å². The van der Waals surface area contributed by atoms with Gasteiger partial charge in [-0.3, -0.25) is 0 Å². The molecule has 3 atom stereocenters. The lowest BCUT2D eigenvalue weighted by Crippen LogP contribution is -2.41. The Kier molecular flexibility index (Phi) is 4.53. The van der Waals surface area contributed by atoms with Gasteiger partial charge in [0.15, 0.2) is 5.82 Å². The maximum Gasteiger partial charge on any atom is 0.318 e. The normalized spacial score (nSPS) is 21.8. The number of nitrogens with one attached hydrogen (secondary N) is 1. The number of rotatable bonds is 3. The fraction of sp³-hybridized carbons (Fsp3) is 0.471. The maximum atomic E-state index is 12.7. The van der Waals surface area contributed by atoms with Crippen molar-refractivity contribution in [2.75, 3.05) is 6.54 Å². The van der Waals surface area contributed by atoms with Crippen LogP contribution in [-0.4, -0.2) is 38.8 Å². The van der Waals surface area contributed by atoms with Gasteiger partial charge in [0.05, 0.1) is 12.1 Å². The van der Waals surface area contributed by atoms with E-state index in [9.17, 15) is 9.90 Å². The number of carbonyl (C=O) groups is 1. The minimum atomic E-state index is -0.595. The van der Waals surface area contributed by atoms with E-state index in [0.29, 0.717) is 18.1 Å². The number of hydrogen-bond acceptors (Lipinski definition) is 5. The van der Waals surface area contributed by atoms with Crippen molar-refractivity contribution in [2.45, 2.75) is 45.4 Å². The first-order valence-corrected chi connectivity index (χ1v) is 8.06. The Bertz CT molecular complexity index is 730. The minimum absolute atomic E-state index is 0.139. The summed E-state index contributed by atoms with van der Waals surface area (Å²) in [5.41, 5.74) is 2.18. The lowest BCUT2D eigenvalue weighted by atomic mass is 10.1. The third-order valence-electron chi connectivity index (χ3n) is 4.25. The van der Waals surface area contributed by atoms with E-state index >= 15 is 0 Å². The van der Waals surface area contributed by atoms with E-state index < -0.39 is 12.1 Å². The molecule has 1 aliphatic heterocycles. The van der Waals surface area contributed by atoms with E-state index in [1.54, 1.807) is 11.8 Å². The molecule has 3 rings (SSSR count). The van der Waals surface area contributed by atoms with Crippen LogP contribution in [0.15, 0.2) is 28.8 Å². The summed E-state index contributed by atoms with van der Waals surface area (Å²) >= 11 is 0. The van der Waals surface area contributed by atoms with Crippen LogP contribution in [0.5, 0.6) is 0 Å². The number of carbonyl (C=O) groups excluding carboxylic acids is 1. The molecular formula is C17H22N4O3. The first kappa shape index (κ1) is 16.4. The van der Waals surface area contributed by atoms with Crippen LogP contribution in [0.1, 0.15) is 48.3 Å². The molecule has 128 valence electrons. The predicted molar refractivity (Wildman–Crippen MR) is 87.2 cm³/mol. The van der Waals surface area contributed by atoms with Crippen molar-refractivity contribution < 1.29 is 14.4 Å². The smallest absolute Gasteiger partial charge is 0.318 e. The molecule has 0 radical (unpaired) electrons. The Morgan fingerprint density at radius 3 is 2.92 bits per heavy atom. The van der Waals surface area contributed by atoms with Crippen LogP contribution in [0.25, 0.3) is 0 Å². The Morgan fingerprint density at radius 2 is 2.25 bits per heavy atom. The Labute approximate surface area is 140 Å². The van der Waals surface area contributed by atoms with Gasteiger partial charge in [-0.1, -0.05) is 35.0 Å². The van der Waals surface area contributed by atoms with E-state index in [0.717, 1.165) is 11.1 Å². The highest BCUT2D eigenvalue weighted by atomic mass is 16.5. The summed E-state index contributed by atoms with van der Waals surface area (Å²) in [5, 5.41) is 16.7. The number of aryl methyl sites for hydroxylation is 2. The summed E-state index contributed by atoms with van der Waals surface area (Å²) in [4.78, 5) is 18.4. The average Bonchev–Trinajstić information content (AvgIpc) is 3.13. The minimum Gasteiger partial charge on any atom is -0.391 e. The van der Waals surface area contributed by atoms with Crippen molar-refractivity contribution in [3.8, 4) is 0 Å². The summed E-state index contributed by atoms with van der Waals surface area (Å²) < 4.78 is 5.19. The standard InChI is InChI=1S/C17H22N4O3/c1-10-5-4-6-13(7-10)11(2)18-17(23)21-9-14(22)8-15(21)16-19-12(3)20-24-16/h4-7,11,14-15,22H,8-9H2,1-3H3,(H,18,23)/t11?,14-,15+/m0/s1. The number of likely N-dealkylation sites (tertiary alicyclic amines) is 1. The molecule has 2 amide bonds. The molecule has 2 heterocycles. The summed E-state index contributed by atoms with van der Waals surface area (Å²) in [5.74, 6) is 0.877.